The summed E-state index contributed by atoms with van der Waals surface area (Å²) in [5.74, 6) is -1.95. The summed E-state index contributed by atoms with van der Waals surface area (Å²) >= 11 is 0. The van der Waals surface area contributed by atoms with Crippen molar-refractivity contribution >= 4 is 23.6 Å². The molecule has 1 amide bonds. The van der Waals surface area contributed by atoms with Crippen molar-refractivity contribution in [3.63, 3.8) is 0 Å². The van der Waals surface area contributed by atoms with E-state index in [1.165, 1.54) is 0 Å². The molecule has 26 heavy (non-hydrogen) atoms. The molecule has 0 bridgehead atoms. The molecule has 1 unspecified atom stereocenters. The van der Waals surface area contributed by atoms with Crippen LogP contribution in [-0.4, -0.2) is 42.3 Å². The number of carbonyl (C=O) groups excluding carboxylic acids is 3. The third-order valence-corrected chi connectivity index (χ3v) is 3.67. The Morgan fingerprint density at radius 2 is 1.85 bits per heavy atom. The fraction of sp³-hybridized carbons (Fsp3) is 0.333. The van der Waals surface area contributed by atoms with E-state index in [0.29, 0.717) is 11.3 Å². The average molecular weight is 359 g/mol. The van der Waals surface area contributed by atoms with Crippen LogP contribution in [0.1, 0.15) is 26.3 Å². The molecule has 2 N–H and O–H groups in total. The number of hydrogen-bond donors (Lipinski definition) is 2. The van der Waals surface area contributed by atoms with Crippen molar-refractivity contribution in [3.8, 4) is 0 Å². The minimum absolute atomic E-state index is 0.114. The minimum Gasteiger partial charge on any atom is -0.463 e. The number of amides is 1. The van der Waals surface area contributed by atoms with Crippen molar-refractivity contribution in [3.05, 3.63) is 47.7 Å². The number of nitrogens with one attached hydrogen (secondary N) is 2. The van der Waals surface area contributed by atoms with Gasteiger partial charge in [-0.25, -0.2) is 15.0 Å². The Morgan fingerprint density at radius 1 is 1.19 bits per heavy atom. The highest BCUT2D eigenvalue weighted by Gasteiger charge is 2.45. The molecule has 0 spiro atoms. The first-order valence-electron chi connectivity index (χ1n) is 8.20. The van der Waals surface area contributed by atoms with Gasteiger partial charge in [0.05, 0.1) is 19.3 Å². The minimum atomic E-state index is -1.37. The second-order valence-electron chi connectivity index (χ2n) is 5.55. The average Bonchev–Trinajstić information content (AvgIpc) is 2.90. The molecule has 0 aliphatic carbocycles. The van der Waals surface area contributed by atoms with Crippen LogP contribution in [0.2, 0.25) is 0 Å². The molecule has 138 valence electrons. The summed E-state index contributed by atoms with van der Waals surface area (Å²) in [5.41, 5.74) is 1.93. The Morgan fingerprint density at radius 3 is 2.46 bits per heavy atom. The first-order valence-corrected chi connectivity index (χ1v) is 8.20. The van der Waals surface area contributed by atoms with Gasteiger partial charge in [0.15, 0.2) is 5.54 Å². The lowest BCUT2D eigenvalue weighted by atomic mass is 9.90. The second-order valence-corrected chi connectivity index (χ2v) is 5.55. The summed E-state index contributed by atoms with van der Waals surface area (Å²) in [6, 6.07) is 9.03. The van der Waals surface area contributed by atoms with E-state index in [9.17, 15) is 14.4 Å². The van der Waals surface area contributed by atoms with Crippen LogP contribution in [0, 0.1) is 0 Å². The number of esters is 2. The molecule has 0 saturated carbocycles. The zero-order valence-corrected chi connectivity index (χ0v) is 14.9. The third-order valence-electron chi connectivity index (χ3n) is 3.67. The van der Waals surface area contributed by atoms with Crippen LogP contribution in [-0.2, 0) is 23.9 Å². The monoisotopic (exact) mass is 359 g/mol. The topological polar surface area (TPSA) is 106 Å². The molecule has 1 heterocycles. The number of hydrogen-bond acceptors (Lipinski definition) is 7. The fourth-order valence-electron chi connectivity index (χ4n) is 2.43. The summed E-state index contributed by atoms with van der Waals surface area (Å²) < 4.78 is 9.81. The molecule has 1 aromatic rings. The first-order chi connectivity index (χ1) is 12.4. The lowest BCUT2D eigenvalue weighted by molar-refractivity contribution is -0.141. The van der Waals surface area contributed by atoms with Gasteiger partial charge in [-0.2, -0.15) is 5.10 Å². The predicted octanol–water partition coefficient (Wildman–Crippen LogP) is 0.879. The smallest absolute Gasteiger partial charge is 0.354 e. The normalized spacial score (nSPS) is 19.4. The van der Waals surface area contributed by atoms with Gasteiger partial charge in [0, 0.05) is 5.56 Å². The van der Waals surface area contributed by atoms with Crippen LogP contribution in [0.3, 0.4) is 0 Å². The van der Waals surface area contributed by atoms with Crippen LogP contribution in [0.25, 0.3) is 0 Å². The summed E-state index contributed by atoms with van der Waals surface area (Å²) in [6.45, 7) is 5.12. The molecular formula is C18H21N3O5. The quantitative estimate of drug-likeness (QED) is 0.553. The highest BCUT2D eigenvalue weighted by molar-refractivity contribution is 6.23. The maximum atomic E-state index is 12.4. The number of rotatable bonds is 7. The van der Waals surface area contributed by atoms with E-state index in [1.807, 2.05) is 18.2 Å². The molecule has 1 atom stereocenters. The van der Waals surface area contributed by atoms with Gasteiger partial charge in [-0.05, 0) is 20.8 Å². The largest absolute Gasteiger partial charge is 0.463 e. The molecule has 1 aromatic carbocycles. The van der Waals surface area contributed by atoms with Crippen molar-refractivity contribution in [2.75, 3.05) is 13.2 Å². The summed E-state index contributed by atoms with van der Waals surface area (Å²) in [6.07, 6.45) is 0.973. The molecule has 1 aliphatic rings. The van der Waals surface area contributed by atoms with Gasteiger partial charge in [-0.15, -0.1) is 0 Å². The van der Waals surface area contributed by atoms with Crippen LogP contribution >= 0.6 is 0 Å². The van der Waals surface area contributed by atoms with E-state index in [2.05, 4.69) is 15.8 Å². The molecule has 0 saturated heterocycles. The SMILES string of the molecule is CCOC(=O)/C=C(/NC1(C)C(=O)NN=C1c1ccccc1)C(=O)OCC. The van der Waals surface area contributed by atoms with Gasteiger partial charge in [-0.3, -0.25) is 4.79 Å². The van der Waals surface area contributed by atoms with Crippen LogP contribution in [0.4, 0.5) is 0 Å². The van der Waals surface area contributed by atoms with E-state index in [-0.39, 0.29) is 18.9 Å². The second kappa shape index (κ2) is 8.28. The number of hydrazone groups is 1. The lowest BCUT2D eigenvalue weighted by Crippen LogP contribution is -2.55. The number of ether oxygens (including phenoxy) is 2. The van der Waals surface area contributed by atoms with Crippen molar-refractivity contribution in [1.29, 1.82) is 0 Å². The Bertz CT molecular complexity index is 757. The molecule has 1 aliphatic heterocycles. The maximum Gasteiger partial charge on any atom is 0.354 e. The van der Waals surface area contributed by atoms with Gasteiger partial charge >= 0.3 is 11.9 Å². The van der Waals surface area contributed by atoms with Crippen molar-refractivity contribution in [1.82, 2.24) is 10.7 Å². The Hall–Kier alpha value is -3.16. The molecule has 8 nitrogen and oxygen atoms in total. The zero-order chi connectivity index (χ0) is 19.2. The number of benzene rings is 1. The fourth-order valence-corrected chi connectivity index (χ4v) is 2.43. The van der Waals surface area contributed by atoms with E-state index in [0.717, 1.165) is 6.08 Å². The van der Waals surface area contributed by atoms with E-state index in [1.54, 1.807) is 32.9 Å². The number of carbonyl (C=O) groups is 3. The van der Waals surface area contributed by atoms with Crippen molar-refractivity contribution in [2.24, 2.45) is 5.10 Å². The lowest BCUT2D eigenvalue weighted by Gasteiger charge is -2.26. The Balaban J connectivity index is 2.37. The maximum absolute atomic E-state index is 12.4. The summed E-state index contributed by atoms with van der Waals surface area (Å²) in [7, 11) is 0. The summed E-state index contributed by atoms with van der Waals surface area (Å²) in [4.78, 5) is 36.5. The van der Waals surface area contributed by atoms with Crippen LogP contribution in [0.15, 0.2) is 47.2 Å². The molecule has 0 fully saturated rings. The Labute approximate surface area is 151 Å². The highest BCUT2D eigenvalue weighted by atomic mass is 16.5. The van der Waals surface area contributed by atoms with Gasteiger partial charge in [0.25, 0.3) is 5.91 Å². The molecule has 0 radical (unpaired) electrons. The standard InChI is InChI=1S/C18H21N3O5/c1-4-25-14(22)11-13(16(23)26-5-2)19-18(3)15(20-21-17(18)24)12-9-7-6-8-10-12/h6-11,19H,4-5H2,1-3H3,(H,21,24)/b13-11+. The molecule has 0 aromatic heterocycles. The number of nitrogens with zero attached hydrogens (tertiary/aromatic N) is 1. The first kappa shape index (κ1) is 19.2. The highest BCUT2D eigenvalue weighted by Crippen LogP contribution is 2.21. The van der Waals surface area contributed by atoms with Gasteiger partial charge in [0.2, 0.25) is 0 Å². The van der Waals surface area contributed by atoms with Crippen LogP contribution < -0.4 is 10.7 Å². The molecule has 2 rings (SSSR count). The van der Waals surface area contributed by atoms with Crippen molar-refractivity contribution in [2.45, 2.75) is 26.3 Å². The van der Waals surface area contributed by atoms with Gasteiger partial charge in [0.1, 0.15) is 11.4 Å². The predicted molar refractivity (Wildman–Crippen MR) is 94.0 cm³/mol. The van der Waals surface area contributed by atoms with Gasteiger partial charge < -0.3 is 14.8 Å². The van der Waals surface area contributed by atoms with E-state index in [4.69, 9.17) is 9.47 Å². The van der Waals surface area contributed by atoms with Crippen LogP contribution in [0.5, 0.6) is 0 Å². The van der Waals surface area contributed by atoms with Gasteiger partial charge in [-0.1, -0.05) is 30.3 Å². The van der Waals surface area contributed by atoms with E-state index < -0.39 is 23.4 Å². The zero-order valence-electron chi connectivity index (χ0n) is 14.9. The molecular weight excluding hydrogens is 338 g/mol. The summed E-state index contributed by atoms with van der Waals surface area (Å²) in [5, 5.41) is 6.88. The molecule has 8 heteroatoms. The van der Waals surface area contributed by atoms with Crippen molar-refractivity contribution < 1.29 is 23.9 Å². The Kier molecular flexibility index (Phi) is 6.11. The van der Waals surface area contributed by atoms with E-state index >= 15 is 0 Å². The third kappa shape index (κ3) is 4.08.